The van der Waals surface area contributed by atoms with E-state index in [1.807, 2.05) is 18.2 Å². The Labute approximate surface area is 113 Å². The zero-order valence-electron chi connectivity index (χ0n) is 11.1. The van der Waals surface area contributed by atoms with Crippen LogP contribution in [0.15, 0.2) is 48.0 Å². The van der Waals surface area contributed by atoms with Gasteiger partial charge in [-0.25, -0.2) is 0 Å². The molecule has 1 atom stereocenters. The number of methoxy groups -OCH3 is 1. The van der Waals surface area contributed by atoms with Crippen LogP contribution in [0.4, 0.5) is 0 Å². The van der Waals surface area contributed by atoms with E-state index >= 15 is 0 Å². The third-order valence-corrected chi connectivity index (χ3v) is 3.64. The molecule has 1 N–H and O–H groups in total. The van der Waals surface area contributed by atoms with Crippen LogP contribution in [0, 0.1) is 0 Å². The molecule has 1 aliphatic rings. The number of hydrogen-bond donors (Lipinski definition) is 1. The maximum atomic E-state index is 9.74. The number of rotatable bonds is 2. The smallest absolute Gasteiger partial charge is 0.127 e. The molecule has 0 spiro atoms. The zero-order valence-corrected chi connectivity index (χ0v) is 11.1. The number of aromatic hydroxyl groups is 1. The van der Waals surface area contributed by atoms with E-state index in [4.69, 9.17) is 4.74 Å². The molecule has 3 rings (SSSR count). The second-order valence-corrected chi connectivity index (χ2v) is 4.88. The predicted molar refractivity (Wildman–Crippen MR) is 76.6 cm³/mol. The molecule has 2 heteroatoms. The average molecular weight is 252 g/mol. The Morgan fingerprint density at radius 2 is 1.84 bits per heavy atom. The lowest BCUT2D eigenvalue weighted by Gasteiger charge is -2.18. The van der Waals surface area contributed by atoms with Gasteiger partial charge in [0, 0.05) is 17.5 Å². The topological polar surface area (TPSA) is 29.5 Å². The highest BCUT2D eigenvalue weighted by Crippen LogP contribution is 2.46. The minimum atomic E-state index is 0.215. The fourth-order valence-electron chi connectivity index (χ4n) is 2.86. The molecule has 19 heavy (non-hydrogen) atoms. The van der Waals surface area contributed by atoms with Gasteiger partial charge in [-0.05, 0) is 24.1 Å². The minimum Gasteiger partial charge on any atom is -0.508 e. The van der Waals surface area contributed by atoms with Crippen LogP contribution >= 0.6 is 0 Å². The van der Waals surface area contributed by atoms with E-state index in [-0.39, 0.29) is 11.7 Å². The van der Waals surface area contributed by atoms with E-state index in [9.17, 15) is 5.11 Å². The van der Waals surface area contributed by atoms with Crippen LogP contribution in [0.2, 0.25) is 0 Å². The lowest BCUT2D eigenvalue weighted by molar-refractivity contribution is 0.402. The SMILES string of the molecule is COc1cc(O)cc2c1C(c1ccccc1)C(C)=C2. The van der Waals surface area contributed by atoms with Gasteiger partial charge in [-0.1, -0.05) is 42.0 Å². The van der Waals surface area contributed by atoms with E-state index < -0.39 is 0 Å². The average Bonchev–Trinajstić information content (AvgIpc) is 2.74. The van der Waals surface area contributed by atoms with Crippen LogP contribution in [0.1, 0.15) is 29.5 Å². The van der Waals surface area contributed by atoms with Crippen molar-refractivity contribution in [3.63, 3.8) is 0 Å². The summed E-state index contributed by atoms with van der Waals surface area (Å²) in [5, 5.41) is 9.74. The van der Waals surface area contributed by atoms with Gasteiger partial charge in [0.2, 0.25) is 0 Å². The molecular weight excluding hydrogens is 236 g/mol. The summed E-state index contributed by atoms with van der Waals surface area (Å²) in [6.45, 7) is 2.12. The van der Waals surface area contributed by atoms with Gasteiger partial charge in [0.25, 0.3) is 0 Å². The van der Waals surface area contributed by atoms with Crippen molar-refractivity contribution < 1.29 is 9.84 Å². The van der Waals surface area contributed by atoms with E-state index in [0.29, 0.717) is 0 Å². The number of phenolic OH excluding ortho intramolecular Hbond substituents is 1. The fourth-order valence-corrected chi connectivity index (χ4v) is 2.86. The summed E-state index contributed by atoms with van der Waals surface area (Å²) in [6.07, 6.45) is 2.12. The van der Waals surface area contributed by atoms with E-state index in [1.54, 1.807) is 19.2 Å². The lowest BCUT2D eigenvalue weighted by atomic mass is 9.88. The molecule has 0 bridgehead atoms. The highest BCUT2D eigenvalue weighted by Gasteiger charge is 2.28. The summed E-state index contributed by atoms with van der Waals surface area (Å²) >= 11 is 0. The minimum absolute atomic E-state index is 0.215. The van der Waals surface area contributed by atoms with Crippen LogP contribution in [0.25, 0.3) is 6.08 Å². The summed E-state index contributed by atoms with van der Waals surface area (Å²) in [5.41, 5.74) is 4.70. The highest BCUT2D eigenvalue weighted by atomic mass is 16.5. The van der Waals surface area contributed by atoms with Crippen molar-refractivity contribution in [1.29, 1.82) is 0 Å². The Bertz CT molecular complexity index is 642. The first-order chi connectivity index (χ1) is 9.20. The number of phenols is 1. The van der Waals surface area contributed by atoms with E-state index in [0.717, 1.165) is 16.9 Å². The zero-order chi connectivity index (χ0) is 13.4. The number of hydrogen-bond acceptors (Lipinski definition) is 2. The lowest BCUT2D eigenvalue weighted by Crippen LogP contribution is -2.02. The predicted octanol–water partition coefficient (Wildman–Crippen LogP) is 3.95. The van der Waals surface area contributed by atoms with Crippen LogP contribution in [0.5, 0.6) is 11.5 Å². The van der Waals surface area contributed by atoms with Crippen molar-refractivity contribution in [2.75, 3.05) is 7.11 Å². The van der Waals surface area contributed by atoms with Crippen molar-refractivity contribution in [3.05, 3.63) is 64.7 Å². The standard InChI is InChI=1S/C17H16O2/c1-11-8-13-9-14(18)10-15(19-2)17(13)16(11)12-6-4-3-5-7-12/h3-10,16,18H,1-2H3. The van der Waals surface area contributed by atoms with Crippen LogP contribution in [0.3, 0.4) is 0 Å². The monoisotopic (exact) mass is 252 g/mol. The van der Waals surface area contributed by atoms with Gasteiger partial charge in [0.15, 0.2) is 0 Å². The Kier molecular flexibility index (Phi) is 2.79. The summed E-state index contributed by atoms with van der Waals surface area (Å²) < 4.78 is 5.44. The number of benzene rings is 2. The summed E-state index contributed by atoms with van der Waals surface area (Å²) in [6, 6.07) is 13.9. The van der Waals surface area contributed by atoms with Crippen LogP contribution < -0.4 is 4.74 Å². The largest absolute Gasteiger partial charge is 0.508 e. The summed E-state index contributed by atoms with van der Waals surface area (Å²) in [5.74, 6) is 1.21. The maximum Gasteiger partial charge on any atom is 0.127 e. The molecule has 0 aromatic heterocycles. The van der Waals surface area contributed by atoms with Crippen LogP contribution in [-0.4, -0.2) is 12.2 Å². The Morgan fingerprint density at radius 1 is 1.11 bits per heavy atom. The van der Waals surface area contributed by atoms with E-state index in [2.05, 4.69) is 25.1 Å². The van der Waals surface area contributed by atoms with Gasteiger partial charge in [0.05, 0.1) is 7.11 Å². The molecule has 0 fully saturated rings. The second kappa shape index (κ2) is 4.47. The third-order valence-electron chi connectivity index (χ3n) is 3.64. The first-order valence-electron chi connectivity index (χ1n) is 6.34. The molecule has 96 valence electrons. The van der Waals surface area contributed by atoms with Gasteiger partial charge in [0.1, 0.15) is 11.5 Å². The molecule has 0 aliphatic heterocycles. The number of fused-ring (bicyclic) bond motifs is 1. The molecule has 0 heterocycles. The molecular formula is C17H16O2. The molecule has 0 saturated carbocycles. The Morgan fingerprint density at radius 3 is 2.53 bits per heavy atom. The molecule has 2 nitrogen and oxygen atoms in total. The van der Waals surface area contributed by atoms with Crippen molar-refractivity contribution in [3.8, 4) is 11.5 Å². The van der Waals surface area contributed by atoms with Gasteiger partial charge >= 0.3 is 0 Å². The first kappa shape index (κ1) is 11.8. The normalized spacial score (nSPS) is 16.9. The summed E-state index contributed by atoms with van der Waals surface area (Å²) in [4.78, 5) is 0. The summed E-state index contributed by atoms with van der Waals surface area (Å²) in [7, 11) is 1.64. The van der Waals surface area contributed by atoms with Crippen LogP contribution in [-0.2, 0) is 0 Å². The molecule has 0 saturated heterocycles. The fraction of sp³-hybridized carbons (Fsp3) is 0.176. The van der Waals surface area contributed by atoms with E-state index in [1.165, 1.54) is 11.1 Å². The molecule has 2 aromatic carbocycles. The first-order valence-corrected chi connectivity index (χ1v) is 6.34. The van der Waals surface area contributed by atoms with Crippen molar-refractivity contribution in [1.82, 2.24) is 0 Å². The molecule has 2 aromatic rings. The molecule has 0 amide bonds. The van der Waals surface area contributed by atoms with Gasteiger partial charge in [-0.15, -0.1) is 0 Å². The Balaban J connectivity index is 2.20. The van der Waals surface area contributed by atoms with Gasteiger partial charge in [-0.3, -0.25) is 0 Å². The molecule has 1 aliphatic carbocycles. The van der Waals surface area contributed by atoms with Crippen molar-refractivity contribution >= 4 is 6.08 Å². The number of allylic oxidation sites excluding steroid dienone is 1. The maximum absolute atomic E-state index is 9.74. The third kappa shape index (κ3) is 1.89. The quantitative estimate of drug-likeness (QED) is 0.877. The van der Waals surface area contributed by atoms with Gasteiger partial charge < -0.3 is 9.84 Å². The number of ether oxygens (including phenoxy) is 1. The van der Waals surface area contributed by atoms with Gasteiger partial charge in [-0.2, -0.15) is 0 Å². The highest BCUT2D eigenvalue weighted by molar-refractivity contribution is 5.73. The van der Waals surface area contributed by atoms with Crippen molar-refractivity contribution in [2.45, 2.75) is 12.8 Å². The second-order valence-electron chi connectivity index (χ2n) is 4.88. The van der Waals surface area contributed by atoms with Crippen molar-refractivity contribution in [2.24, 2.45) is 0 Å². The molecule has 0 radical (unpaired) electrons. The molecule has 1 unspecified atom stereocenters. The Hall–Kier alpha value is -2.22.